The molecule has 3 heterocycles. The predicted octanol–water partition coefficient (Wildman–Crippen LogP) is 3.88. The van der Waals surface area contributed by atoms with Gasteiger partial charge in [-0.15, -0.1) is 5.10 Å². The van der Waals surface area contributed by atoms with Crippen molar-refractivity contribution in [2.24, 2.45) is 0 Å². The molecule has 10 nitrogen and oxygen atoms in total. The maximum atomic E-state index is 13.0. The molecule has 0 saturated carbocycles. The third kappa shape index (κ3) is 5.83. The van der Waals surface area contributed by atoms with E-state index in [4.69, 9.17) is 5.73 Å². The number of alkyl halides is 3. The molecule has 0 aliphatic heterocycles. The highest BCUT2D eigenvalue weighted by Gasteiger charge is 2.32. The van der Waals surface area contributed by atoms with E-state index in [9.17, 15) is 23.1 Å². The number of nitrogens with two attached hydrogens (primary N) is 1. The number of anilines is 3. The highest BCUT2D eigenvalue weighted by molar-refractivity contribution is 6.03. The number of carbonyl (C=O) groups is 1. The number of aryl methyl sites for hydroxylation is 1. The molecule has 4 aromatic rings. The van der Waals surface area contributed by atoms with Gasteiger partial charge in [0.2, 0.25) is 0 Å². The van der Waals surface area contributed by atoms with Crippen molar-refractivity contribution in [2.45, 2.75) is 26.1 Å². The van der Waals surface area contributed by atoms with Crippen LogP contribution in [0, 0.1) is 6.92 Å². The van der Waals surface area contributed by atoms with Gasteiger partial charge in [0, 0.05) is 11.7 Å². The van der Waals surface area contributed by atoms with Gasteiger partial charge in [-0.05, 0) is 60.9 Å². The van der Waals surface area contributed by atoms with Gasteiger partial charge in [0.05, 0.1) is 35.8 Å². The molecule has 0 radical (unpaired) electrons. The number of rotatable bonds is 7. The zero-order valence-electron chi connectivity index (χ0n) is 19.8. The van der Waals surface area contributed by atoms with Crippen molar-refractivity contribution in [1.29, 1.82) is 0 Å². The number of aliphatic hydroxyl groups excluding tert-OH is 1. The van der Waals surface area contributed by atoms with Gasteiger partial charge in [-0.25, -0.2) is 4.98 Å². The number of hydrogen-bond acceptors (Lipinski definition) is 8. The molecule has 0 fully saturated rings. The van der Waals surface area contributed by atoms with Crippen molar-refractivity contribution in [1.82, 2.24) is 25.4 Å². The van der Waals surface area contributed by atoms with Crippen LogP contribution in [-0.2, 0) is 6.18 Å². The molecule has 0 saturated heterocycles. The normalized spacial score (nSPS) is 12.3. The first-order valence-corrected chi connectivity index (χ1v) is 11.1. The fourth-order valence-corrected chi connectivity index (χ4v) is 3.53. The SMILES string of the molecule is Cc1ccc(NC(=O)c2cc(C(F)(F)F)cnn2)cc1-c1cc(N[C@H](C)CO)nc(-c2cn[nH]c2N)c1. The van der Waals surface area contributed by atoms with Crippen LogP contribution in [0.25, 0.3) is 22.4 Å². The van der Waals surface area contributed by atoms with Gasteiger partial charge < -0.3 is 21.5 Å². The average molecular weight is 512 g/mol. The number of hydrogen-bond donors (Lipinski definition) is 5. The van der Waals surface area contributed by atoms with E-state index in [2.05, 4.69) is 36.0 Å². The molecular weight excluding hydrogens is 489 g/mol. The minimum absolute atomic E-state index is 0.117. The molecule has 1 atom stereocenters. The molecule has 0 spiro atoms. The first-order valence-electron chi connectivity index (χ1n) is 11.1. The summed E-state index contributed by atoms with van der Waals surface area (Å²) in [5.74, 6) is -0.0393. The van der Waals surface area contributed by atoms with Crippen LogP contribution in [-0.4, -0.2) is 49.0 Å². The van der Waals surface area contributed by atoms with Crippen LogP contribution in [0.1, 0.15) is 28.5 Å². The summed E-state index contributed by atoms with van der Waals surface area (Å²) < 4.78 is 39.0. The Morgan fingerprint density at radius 2 is 1.95 bits per heavy atom. The van der Waals surface area contributed by atoms with Crippen LogP contribution in [0.5, 0.6) is 0 Å². The summed E-state index contributed by atoms with van der Waals surface area (Å²) in [7, 11) is 0. The average Bonchev–Trinajstić information content (AvgIpc) is 3.30. The fourth-order valence-electron chi connectivity index (χ4n) is 3.53. The Labute approximate surface area is 209 Å². The quantitative estimate of drug-likeness (QED) is 0.250. The molecule has 3 aromatic heterocycles. The van der Waals surface area contributed by atoms with Crippen molar-refractivity contribution in [3.05, 3.63) is 65.6 Å². The number of halogens is 3. The second-order valence-electron chi connectivity index (χ2n) is 8.36. The van der Waals surface area contributed by atoms with Gasteiger partial charge in [0.1, 0.15) is 11.6 Å². The molecule has 6 N–H and O–H groups in total. The van der Waals surface area contributed by atoms with Gasteiger partial charge in [0.15, 0.2) is 5.69 Å². The van der Waals surface area contributed by atoms with E-state index in [1.165, 1.54) is 0 Å². The standard InChI is InChI=1S/C24H23F3N8O2/c1-12-3-4-16(32-23(37)20-7-15(9-29-34-20)24(25,26)27)8-17(12)14-5-19(18-10-30-35-22(18)28)33-21(6-14)31-13(2)11-36/h3-10,13,36H,11H2,1-2H3,(H,31,33)(H,32,37)(H3,28,30,35)/t13-/m1/s1. The van der Waals surface area contributed by atoms with Crippen molar-refractivity contribution in [2.75, 3.05) is 23.0 Å². The Bertz CT molecular complexity index is 1440. The maximum absolute atomic E-state index is 13.0. The smallest absolute Gasteiger partial charge is 0.394 e. The number of nitrogen functional groups attached to an aromatic ring is 1. The van der Waals surface area contributed by atoms with Gasteiger partial charge >= 0.3 is 6.18 Å². The molecule has 192 valence electrons. The molecule has 37 heavy (non-hydrogen) atoms. The van der Waals surface area contributed by atoms with E-state index in [0.717, 1.165) is 11.1 Å². The molecular formula is C24H23F3N8O2. The van der Waals surface area contributed by atoms with Crippen molar-refractivity contribution >= 4 is 23.2 Å². The van der Waals surface area contributed by atoms with Gasteiger partial charge in [-0.3, -0.25) is 9.89 Å². The monoisotopic (exact) mass is 512 g/mol. The lowest BCUT2D eigenvalue weighted by molar-refractivity contribution is -0.137. The zero-order chi connectivity index (χ0) is 26.7. The van der Waals surface area contributed by atoms with E-state index in [0.29, 0.717) is 46.4 Å². The van der Waals surface area contributed by atoms with E-state index in [1.54, 1.807) is 43.5 Å². The van der Waals surface area contributed by atoms with Crippen molar-refractivity contribution < 1.29 is 23.1 Å². The van der Waals surface area contributed by atoms with E-state index in [1.807, 2.05) is 6.92 Å². The zero-order valence-corrected chi connectivity index (χ0v) is 19.8. The third-order valence-electron chi connectivity index (χ3n) is 5.46. The lowest BCUT2D eigenvalue weighted by Gasteiger charge is -2.16. The minimum Gasteiger partial charge on any atom is -0.394 e. The maximum Gasteiger partial charge on any atom is 0.418 e. The number of aromatic amines is 1. The Balaban J connectivity index is 1.70. The number of amides is 1. The molecule has 0 aliphatic carbocycles. The topological polar surface area (TPSA) is 155 Å². The summed E-state index contributed by atoms with van der Waals surface area (Å²) in [6.45, 7) is 3.54. The summed E-state index contributed by atoms with van der Waals surface area (Å²) in [6, 6.07) is 9.01. The fraction of sp³-hybridized carbons (Fsp3) is 0.208. The molecule has 1 amide bonds. The lowest BCUT2D eigenvalue weighted by Crippen LogP contribution is -2.20. The highest BCUT2D eigenvalue weighted by atomic mass is 19.4. The number of aromatic nitrogens is 5. The second-order valence-corrected chi connectivity index (χ2v) is 8.36. The van der Waals surface area contributed by atoms with Crippen LogP contribution < -0.4 is 16.4 Å². The summed E-state index contributed by atoms with van der Waals surface area (Å²) in [6.07, 6.45) is -2.56. The highest BCUT2D eigenvalue weighted by Crippen LogP contribution is 2.33. The van der Waals surface area contributed by atoms with Crippen LogP contribution in [0.4, 0.5) is 30.5 Å². The third-order valence-corrected chi connectivity index (χ3v) is 5.46. The van der Waals surface area contributed by atoms with Gasteiger partial charge in [0.25, 0.3) is 5.91 Å². The minimum atomic E-state index is -4.65. The summed E-state index contributed by atoms with van der Waals surface area (Å²) in [4.78, 5) is 17.2. The molecule has 0 unspecified atom stereocenters. The molecule has 4 rings (SSSR count). The van der Waals surface area contributed by atoms with Crippen LogP contribution >= 0.6 is 0 Å². The number of nitrogens with zero attached hydrogens (tertiary/aromatic N) is 4. The van der Waals surface area contributed by atoms with Crippen molar-refractivity contribution in [3.8, 4) is 22.4 Å². The molecule has 0 aliphatic rings. The van der Waals surface area contributed by atoms with E-state index < -0.39 is 23.3 Å². The first-order chi connectivity index (χ1) is 17.5. The summed E-state index contributed by atoms with van der Waals surface area (Å²) >= 11 is 0. The van der Waals surface area contributed by atoms with Crippen molar-refractivity contribution in [3.63, 3.8) is 0 Å². The number of benzene rings is 1. The van der Waals surface area contributed by atoms with Crippen LogP contribution in [0.3, 0.4) is 0 Å². The molecule has 0 bridgehead atoms. The Morgan fingerprint density at radius 3 is 2.62 bits per heavy atom. The van der Waals surface area contributed by atoms with Crippen LogP contribution in [0.15, 0.2) is 48.8 Å². The Morgan fingerprint density at radius 1 is 1.16 bits per heavy atom. The van der Waals surface area contributed by atoms with E-state index >= 15 is 0 Å². The largest absolute Gasteiger partial charge is 0.418 e. The Kier molecular flexibility index (Phi) is 7.07. The predicted molar refractivity (Wildman–Crippen MR) is 132 cm³/mol. The number of carbonyl (C=O) groups excluding carboxylic acids is 1. The number of nitrogens with one attached hydrogen (secondary N) is 3. The van der Waals surface area contributed by atoms with Crippen LogP contribution in [0.2, 0.25) is 0 Å². The second kappa shape index (κ2) is 10.2. The van der Waals surface area contributed by atoms with Gasteiger partial charge in [-0.1, -0.05) is 6.07 Å². The Hall–Kier alpha value is -4.52. The van der Waals surface area contributed by atoms with Gasteiger partial charge in [-0.2, -0.15) is 23.4 Å². The summed E-state index contributed by atoms with van der Waals surface area (Å²) in [5, 5.41) is 28.6. The number of aliphatic hydroxyl groups is 1. The lowest BCUT2D eigenvalue weighted by atomic mass is 9.98. The number of pyridine rings is 1. The summed E-state index contributed by atoms with van der Waals surface area (Å²) in [5.41, 5.74) is 8.17. The first kappa shape index (κ1) is 25.6. The van der Waals surface area contributed by atoms with E-state index in [-0.39, 0.29) is 12.6 Å². The number of H-pyrrole nitrogens is 1. The molecule has 1 aromatic carbocycles. The molecule has 13 heteroatoms.